The molecule has 0 bridgehead atoms. The molecule has 1 aromatic carbocycles. The fraction of sp³-hybridized carbons (Fsp3) is 0.538. The Morgan fingerprint density at radius 1 is 1.25 bits per heavy atom. The Kier molecular flexibility index (Phi) is 1.62. The molecule has 3 nitrogen and oxygen atoms in total. The van der Waals surface area contributed by atoms with E-state index in [0.717, 1.165) is 25.6 Å². The van der Waals surface area contributed by atoms with Gasteiger partial charge in [-0.15, -0.1) is 0 Å². The van der Waals surface area contributed by atoms with Gasteiger partial charge in [-0.25, -0.2) is 0 Å². The Labute approximate surface area is 96.0 Å². The van der Waals surface area contributed by atoms with Crippen LogP contribution in [0.25, 0.3) is 0 Å². The van der Waals surface area contributed by atoms with E-state index in [1.54, 1.807) is 5.56 Å². The number of hydrogen-bond donors (Lipinski definition) is 1. The molecule has 1 saturated heterocycles. The summed E-state index contributed by atoms with van der Waals surface area (Å²) in [6.45, 7) is 4.65. The Morgan fingerprint density at radius 3 is 3.12 bits per heavy atom. The summed E-state index contributed by atoms with van der Waals surface area (Å²) in [5.74, 6) is 0.724. The Bertz CT molecular complexity index is 443. The minimum absolute atomic E-state index is 0.713. The second kappa shape index (κ2) is 2.92. The Balaban J connectivity index is 1.94. The summed E-state index contributed by atoms with van der Waals surface area (Å²) in [4.78, 5) is 5.03. The van der Waals surface area contributed by atoms with Crippen molar-refractivity contribution in [2.24, 2.45) is 0 Å². The third kappa shape index (κ3) is 0.925. The van der Waals surface area contributed by atoms with E-state index in [1.165, 1.54) is 17.9 Å². The second-order valence-electron chi connectivity index (χ2n) is 5.16. The fourth-order valence-electron chi connectivity index (χ4n) is 3.60. The number of nitrogens with zero attached hydrogens (tertiary/aromatic N) is 2. The lowest BCUT2D eigenvalue weighted by Gasteiger charge is -2.37. The summed E-state index contributed by atoms with van der Waals surface area (Å²) in [6, 6.07) is 7.52. The van der Waals surface area contributed by atoms with Gasteiger partial charge < -0.3 is 15.1 Å². The number of rotatable bonds is 0. The standard InChI is InChI=1S/C13H17N3/c1-15-5-6-16-12-8-14-7-10(12)9-3-2-4-11(15)13(9)16/h2-4,10,12,14H,5-8H2,1H3/t10-,12-/m0/s1. The van der Waals surface area contributed by atoms with E-state index in [0.29, 0.717) is 6.04 Å². The number of likely N-dealkylation sites (N-methyl/N-ethyl adjacent to an activating group) is 1. The normalized spacial score (nSPS) is 30.6. The maximum Gasteiger partial charge on any atom is 0.0644 e. The molecule has 3 heterocycles. The first-order chi connectivity index (χ1) is 7.86. The van der Waals surface area contributed by atoms with Gasteiger partial charge in [0.1, 0.15) is 0 Å². The van der Waals surface area contributed by atoms with Crippen LogP contribution in [0, 0.1) is 0 Å². The first-order valence-electron chi connectivity index (χ1n) is 6.17. The molecule has 4 rings (SSSR count). The third-order valence-electron chi connectivity index (χ3n) is 4.40. The highest BCUT2D eigenvalue weighted by Gasteiger charge is 2.44. The molecule has 1 fully saturated rings. The number of hydrogen-bond acceptors (Lipinski definition) is 3. The Hall–Kier alpha value is -1.22. The second-order valence-corrected chi connectivity index (χ2v) is 5.16. The quantitative estimate of drug-likeness (QED) is 0.697. The summed E-state index contributed by atoms with van der Waals surface area (Å²) in [7, 11) is 2.21. The van der Waals surface area contributed by atoms with Crippen LogP contribution in [-0.2, 0) is 0 Å². The average molecular weight is 215 g/mol. The summed E-state index contributed by atoms with van der Waals surface area (Å²) >= 11 is 0. The van der Waals surface area contributed by atoms with Gasteiger partial charge in [0.05, 0.1) is 11.4 Å². The van der Waals surface area contributed by atoms with Crippen molar-refractivity contribution in [2.45, 2.75) is 12.0 Å². The zero-order valence-electron chi connectivity index (χ0n) is 9.61. The SMILES string of the molecule is CN1CCN2c3c(cccc31)[C@@H]1CNC[C@@H]12. The number of para-hydroxylation sites is 1. The number of benzene rings is 1. The molecule has 1 N–H and O–H groups in total. The van der Waals surface area contributed by atoms with E-state index in [-0.39, 0.29) is 0 Å². The molecule has 0 unspecified atom stereocenters. The van der Waals surface area contributed by atoms with E-state index < -0.39 is 0 Å². The zero-order chi connectivity index (χ0) is 10.7. The van der Waals surface area contributed by atoms with Crippen LogP contribution in [0.15, 0.2) is 18.2 Å². The minimum atomic E-state index is 0.713. The largest absolute Gasteiger partial charge is 0.371 e. The van der Waals surface area contributed by atoms with Crippen LogP contribution in [0.2, 0.25) is 0 Å². The molecule has 2 atom stereocenters. The molecule has 3 heteroatoms. The lowest BCUT2D eigenvalue weighted by Crippen LogP contribution is -2.44. The monoisotopic (exact) mass is 215 g/mol. The summed E-state index contributed by atoms with van der Waals surface area (Å²) in [6.07, 6.45) is 0. The summed E-state index contributed by atoms with van der Waals surface area (Å²) < 4.78 is 0. The molecule has 1 aromatic rings. The number of fused-ring (bicyclic) bond motifs is 3. The molecule has 16 heavy (non-hydrogen) atoms. The summed E-state index contributed by atoms with van der Waals surface area (Å²) in [5, 5.41) is 3.53. The van der Waals surface area contributed by atoms with Gasteiger partial charge >= 0.3 is 0 Å². The van der Waals surface area contributed by atoms with Crippen molar-refractivity contribution in [3.63, 3.8) is 0 Å². The van der Waals surface area contributed by atoms with Gasteiger partial charge in [0.15, 0.2) is 0 Å². The van der Waals surface area contributed by atoms with Crippen LogP contribution < -0.4 is 15.1 Å². The van der Waals surface area contributed by atoms with Gasteiger partial charge in [-0.05, 0) is 11.6 Å². The maximum atomic E-state index is 3.53. The van der Waals surface area contributed by atoms with Gasteiger partial charge in [-0.1, -0.05) is 12.1 Å². The third-order valence-corrected chi connectivity index (χ3v) is 4.40. The van der Waals surface area contributed by atoms with Crippen molar-refractivity contribution in [2.75, 3.05) is 43.0 Å². The average Bonchev–Trinajstić information content (AvgIpc) is 2.86. The highest BCUT2D eigenvalue weighted by molar-refractivity contribution is 5.81. The topological polar surface area (TPSA) is 18.5 Å². The van der Waals surface area contributed by atoms with Crippen molar-refractivity contribution < 1.29 is 0 Å². The molecular weight excluding hydrogens is 198 g/mol. The van der Waals surface area contributed by atoms with Crippen LogP contribution in [0.4, 0.5) is 11.4 Å². The van der Waals surface area contributed by atoms with E-state index in [1.807, 2.05) is 0 Å². The van der Waals surface area contributed by atoms with Crippen LogP contribution in [0.1, 0.15) is 11.5 Å². The molecule has 0 radical (unpaired) electrons. The van der Waals surface area contributed by atoms with Crippen LogP contribution >= 0.6 is 0 Å². The molecule has 0 saturated carbocycles. The molecule has 0 aliphatic carbocycles. The number of nitrogens with one attached hydrogen (secondary N) is 1. The van der Waals surface area contributed by atoms with Crippen LogP contribution in [0.3, 0.4) is 0 Å². The van der Waals surface area contributed by atoms with Crippen molar-refractivity contribution in [3.8, 4) is 0 Å². The highest BCUT2D eigenvalue weighted by atomic mass is 15.3. The van der Waals surface area contributed by atoms with Gasteiger partial charge in [0.2, 0.25) is 0 Å². The van der Waals surface area contributed by atoms with E-state index in [4.69, 9.17) is 0 Å². The number of anilines is 2. The van der Waals surface area contributed by atoms with Gasteiger partial charge in [-0.3, -0.25) is 0 Å². The predicted octanol–water partition coefficient (Wildman–Crippen LogP) is 1.01. The maximum absolute atomic E-state index is 3.53. The lowest BCUT2D eigenvalue weighted by atomic mass is 9.98. The molecular formula is C13H17N3. The first kappa shape index (κ1) is 8.88. The van der Waals surface area contributed by atoms with Gasteiger partial charge in [0, 0.05) is 45.2 Å². The molecule has 3 aliphatic heterocycles. The molecule has 0 aromatic heterocycles. The van der Waals surface area contributed by atoms with Crippen molar-refractivity contribution in [1.82, 2.24) is 5.32 Å². The smallest absolute Gasteiger partial charge is 0.0644 e. The predicted molar refractivity (Wildman–Crippen MR) is 66.5 cm³/mol. The fourth-order valence-corrected chi connectivity index (χ4v) is 3.60. The minimum Gasteiger partial charge on any atom is -0.371 e. The zero-order valence-corrected chi connectivity index (χ0v) is 9.61. The van der Waals surface area contributed by atoms with Crippen molar-refractivity contribution in [1.29, 1.82) is 0 Å². The molecule has 84 valence electrons. The van der Waals surface area contributed by atoms with E-state index in [2.05, 4.69) is 40.4 Å². The van der Waals surface area contributed by atoms with Crippen LogP contribution in [0.5, 0.6) is 0 Å². The Morgan fingerprint density at radius 2 is 2.19 bits per heavy atom. The van der Waals surface area contributed by atoms with Crippen molar-refractivity contribution >= 4 is 11.4 Å². The summed E-state index contributed by atoms with van der Waals surface area (Å²) in [5.41, 5.74) is 4.52. The van der Waals surface area contributed by atoms with E-state index in [9.17, 15) is 0 Å². The molecule has 0 spiro atoms. The van der Waals surface area contributed by atoms with Gasteiger partial charge in [0.25, 0.3) is 0 Å². The first-order valence-corrected chi connectivity index (χ1v) is 6.17. The highest BCUT2D eigenvalue weighted by Crippen LogP contribution is 2.48. The van der Waals surface area contributed by atoms with Crippen molar-refractivity contribution in [3.05, 3.63) is 23.8 Å². The molecule has 0 amide bonds. The lowest BCUT2D eigenvalue weighted by molar-refractivity contribution is 0.611. The van der Waals surface area contributed by atoms with Gasteiger partial charge in [-0.2, -0.15) is 0 Å². The van der Waals surface area contributed by atoms with E-state index >= 15 is 0 Å². The van der Waals surface area contributed by atoms with Crippen LogP contribution in [-0.4, -0.2) is 39.3 Å². The molecule has 3 aliphatic rings.